The Bertz CT molecular complexity index is 511. The highest BCUT2D eigenvalue weighted by atomic mass is 35.5. The third-order valence-electron chi connectivity index (χ3n) is 1.74. The predicted octanol–water partition coefficient (Wildman–Crippen LogP) is 2.30. The summed E-state index contributed by atoms with van der Waals surface area (Å²) in [5.41, 5.74) is 0.188. The van der Waals surface area contributed by atoms with Gasteiger partial charge in [-0.2, -0.15) is 4.98 Å². The maximum Gasteiger partial charge on any atom is 0.320 e. The fraction of sp³-hybridized carbons (Fsp3) is 0. The van der Waals surface area contributed by atoms with E-state index in [1.165, 1.54) is 12.1 Å². The monoisotopic (exact) mass is 225 g/mol. The smallest absolute Gasteiger partial charge is 0.320 e. The van der Waals surface area contributed by atoms with Gasteiger partial charge in [0.05, 0.1) is 4.92 Å². The summed E-state index contributed by atoms with van der Waals surface area (Å²) in [5, 5.41) is 14.0. The Morgan fingerprint density at radius 1 is 1.40 bits per heavy atom. The average Bonchev–Trinajstić information content (AvgIpc) is 2.65. The Morgan fingerprint density at radius 3 is 2.73 bits per heavy atom. The van der Waals surface area contributed by atoms with Crippen LogP contribution in [0.4, 0.5) is 5.69 Å². The normalized spacial score (nSPS) is 10.2. The quantitative estimate of drug-likeness (QED) is 0.578. The molecule has 0 saturated heterocycles. The number of nitrogens with zero attached hydrogens (tertiary/aromatic N) is 3. The number of hydrogen-bond donors (Lipinski definition) is 0. The third kappa shape index (κ3) is 1.79. The van der Waals surface area contributed by atoms with Gasteiger partial charge in [0, 0.05) is 6.07 Å². The maximum atomic E-state index is 10.7. The second kappa shape index (κ2) is 3.66. The van der Waals surface area contributed by atoms with Gasteiger partial charge in [0.2, 0.25) is 5.82 Å². The SMILES string of the molecule is O=[N+]([O-])c1ccccc1-c1noc(Cl)n1. The van der Waals surface area contributed by atoms with E-state index in [-0.39, 0.29) is 22.4 Å². The number of hydrogen-bond acceptors (Lipinski definition) is 5. The number of halogens is 1. The lowest BCUT2D eigenvalue weighted by Gasteiger charge is -1.95. The highest BCUT2D eigenvalue weighted by molar-refractivity contribution is 6.27. The predicted molar refractivity (Wildman–Crippen MR) is 51.4 cm³/mol. The van der Waals surface area contributed by atoms with E-state index in [1.54, 1.807) is 12.1 Å². The van der Waals surface area contributed by atoms with E-state index in [9.17, 15) is 10.1 Å². The average molecular weight is 226 g/mol. The Labute approximate surface area is 88.6 Å². The number of nitro groups is 1. The molecule has 0 spiro atoms. The van der Waals surface area contributed by atoms with Crippen LogP contribution in [0.5, 0.6) is 0 Å². The molecule has 1 aromatic carbocycles. The van der Waals surface area contributed by atoms with Crippen LogP contribution in [0.3, 0.4) is 0 Å². The Hall–Kier alpha value is -1.95. The summed E-state index contributed by atoms with van der Waals surface area (Å²) in [5.74, 6) is 0.104. The molecule has 15 heavy (non-hydrogen) atoms. The van der Waals surface area contributed by atoms with Crippen LogP contribution < -0.4 is 0 Å². The second-order valence-electron chi connectivity index (χ2n) is 2.65. The highest BCUT2D eigenvalue weighted by Gasteiger charge is 2.18. The fourth-order valence-electron chi connectivity index (χ4n) is 1.14. The first-order chi connectivity index (χ1) is 7.18. The van der Waals surface area contributed by atoms with E-state index < -0.39 is 4.92 Å². The highest BCUT2D eigenvalue weighted by Crippen LogP contribution is 2.27. The van der Waals surface area contributed by atoms with Crippen molar-refractivity contribution in [1.29, 1.82) is 0 Å². The summed E-state index contributed by atoms with van der Waals surface area (Å²) in [7, 11) is 0. The number of aromatic nitrogens is 2. The topological polar surface area (TPSA) is 82.1 Å². The van der Waals surface area contributed by atoms with Gasteiger partial charge < -0.3 is 4.52 Å². The lowest BCUT2D eigenvalue weighted by Crippen LogP contribution is -1.92. The van der Waals surface area contributed by atoms with Gasteiger partial charge in [-0.05, 0) is 17.7 Å². The molecule has 0 N–H and O–H groups in total. The molecule has 2 rings (SSSR count). The summed E-state index contributed by atoms with van der Waals surface area (Å²) in [6.45, 7) is 0. The van der Waals surface area contributed by atoms with Gasteiger partial charge in [-0.15, -0.1) is 0 Å². The van der Waals surface area contributed by atoms with E-state index in [0.717, 1.165) is 0 Å². The molecule has 0 bridgehead atoms. The first-order valence-corrected chi connectivity index (χ1v) is 4.29. The van der Waals surface area contributed by atoms with Gasteiger partial charge >= 0.3 is 5.35 Å². The lowest BCUT2D eigenvalue weighted by molar-refractivity contribution is -0.384. The molecule has 0 aliphatic heterocycles. The van der Waals surface area contributed by atoms with Crippen LogP contribution in [0.15, 0.2) is 28.8 Å². The summed E-state index contributed by atoms with van der Waals surface area (Å²) in [4.78, 5) is 13.9. The third-order valence-corrected chi connectivity index (χ3v) is 1.90. The van der Waals surface area contributed by atoms with Gasteiger partial charge in [-0.3, -0.25) is 10.1 Å². The van der Waals surface area contributed by atoms with Gasteiger partial charge in [-0.1, -0.05) is 17.3 Å². The van der Waals surface area contributed by atoms with Crippen molar-refractivity contribution in [1.82, 2.24) is 10.1 Å². The van der Waals surface area contributed by atoms with Crippen molar-refractivity contribution >= 4 is 17.3 Å². The van der Waals surface area contributed by atoms with Gasteiger partial charge in [0.1, 0.15) is 5.56 Å². The standard InChI is InChI=1S/C8H4ClN3O3/c9-8-10-7(11-15-8)5-3-1-2-4-6(5)12(13)14/h1-4H. The lowest BCUT2D eigenvalue weighted by atomic mass is 10.2. The molecule has 0 unspecified atom stereocenters. The first-order valence-electron chi connectivity index (χ1n) is 3.91. The molecule has 6 nitrogen and oxygen atoms in total. The molecule has 0 saturated carbocycles. The minimum atomic E-state index is -0.514. The number of para-hydroxylation sites is 1. The van der Waals surface area contributed by atoms with Crippen molar-refractivity contribution in [3.05, 3.63) is 39.7 Å². The summed E-state index contributed by atoms with van der Waals surface area (Å²) >= 11 is 5.43. The number of benzene rings is 1. The van der Waals surface area contributed by atoms with E-state index in [1.807, 2.05) is 0 Å². The molecule has 7 heteroatoms. The van der Waals surface area contributed by atoms with E-state index >= 15 is 0 Å². The zero-order valence-corrected chi connectivity index (χ0v) is 8.01. The van der Waals surface area contributed by atoms with Crippen molar-refractivity contribution in [2.45, 2.75) is 0 Å². The number of rotatable bonds is 2. The largest absolute Gasteiger partial charge is 0.321 e. The first kappa shape index (κ1) is 9.60. The molecule has 0 aliphatic carbocycles. The molecule has 0 radical (unpaired) electrons. The van der Waals surface area contributed by atoms with Crippen molar-refractivity contribution in [3.63, 3.8) is 0 Å². The molecule has 1 heterocycles. The van der Waals surface area contributed by atoms with Crippen LogP contribution in [0.25, 0.3) is 11.4 Å². The summed E-state index contributed by atoms with van der Waals surface area (Å²) < 4.78 is 4.54. The molecular formula is C8H4ClN3O3. The zero-order chi connectivity index (χ0) is 10.8. The minimum Gasteiger partial charge on any atom is -0.321 e. The van der Waals surface area contributed by atoms with Crippen molar-refractivity contribution in [3.8, 4) is 11.4 Å². The second-order valence-corrected chi connectivity index (χ2v) is 2.97. The van der Waals surface area contributed by atoms with E-state index in [0.29, 0.717) is 0 Å². The van der Waals surface area contributed by atoms with Gasteiger partial charge in [-0.25, -0.2) is 0 Å². The Kier molecular flexibility index (Phi) is 2.34. The molecule has 2 aromatic rings. The minimum absolute atomic E-state index is 0.0880. The molecule has 1 aromatic heterocycles. The van der Waals surface area contributed by atoms with Crippen LogP contribution in [0.1, 0.15) is 0 Å². The van der Waals surface area contributed by atoms with Crippen LogP contribution in [-0.4, -0.2) is 15.1 Å². The fourth-order valence-corrected chi connectivity index (χ4v) is 1.25. The molecule has 76 valence electrons. The van der Waals surface area contributed by atoms with Crippen molar-refractivity contribution < 1.29 is 9.45 Å². The summed E-state index contributed by atoms with van der Waals surface area (Å²) in [6, 6.07) is 6.09. The van der Waals surface area contributed by atoms with Crippen molar-refractivity contribution in [2.75, 3.05) is 0 Å². The van der Waals surface area contributed by atoms with Crippen LogP contribution in [0, 0.1) is 10.1 Å². The molecule has 0 amide bonds. The van der Waals surface area contributed by atoms with Gasteiger partial charge in [0.25, 0.3) is 5.69 Å². The van der Waals surface area contributed by atoms with E-state index in [4.69, 9.17) is 11.6 Å². The molecule has 0 fully saturated rings. The van der Waals surface area contributed by atoms with Crippen LogP contribution in [-0.2, 0) is 0 Å². The van der Waals surface area contributed by atoms with Crippen LogP contribution >= 0.6 is 11.6 Å². The molecule has 0 aliphatic rings. The van der Waals surface area contributed by atoms with Crippen LogP contribution in [0.2, 0.25) is 5.35 Å². The van der Waals surface area contributed by atoms with E-state index in [2.05, 4.69) is 14.7 Å². The Morgan fingerprint density at radius 2 is 2.13 bits per heavy atom. The Balaban J connectivity index is 2.57. The van der Waals surface area contributed by atoms with Gasteiger partial charge in [0.15, 0.2) is 0 Å². The molecular weight excluding hydrogens is 222 g/mol. The maximum absolute atomic E-state index is 10.7. The molecule has 0 atom stereocenters. The number of nitro benzene ring substituents is 1. The summed E-state index contributed by atoms with van der Waals surface area (Å²) in [6.07, 6.45) is 0. The van der Waals surface area contributed by atoms with Crippen molar-refractivity contribution in [2.24, 2.45) is 0 Å². The zero-order valence-electron chi connectivity index (χ0n) is 7.25.